The summed E-state index contributed by atoms with van der Waals surface area (Å²) in [6, 6.07) is 35.7. The van der Waals surface area contributed by atoms with E-state index in [0.29, 0.717) is 137 Å². The molecule has 0 unspecified atom stereocenters. The number of nitrogens with one attached hydrogen (secondary N) is 2. The summed E-state index contributed by atoms with van der Waals surface area (Å²) in [7, 11) is -3.18. The van der Waals surface area contributed by atoms with Crippen molar-refractivity contribution >= 4 is 27.3 Å². The minimum Gasteiger partial charge on any atom is -0.379 e. The summed E-state index contributed by atoms with van der Waals surface area (Å²) in [6.45, 7) is 64.3. The highest BCUT2D eigenvalue weighted by Crippen LogP contribution is 2.20. The normalized spacial score (nSPS) is 12.5. The van der Waals surface area contributed by atoms with Crippen molar-refractivity contribution < 1.29 is 70.1 Å². The van der Waals surface area contributed by atoms with Gasteiger partial charge in [-0.2, -0.15) is 31.6 Å². The first kappa shape index (κ1) is 127. The van der Waals surface area contributed by atoms with Crippen LogP contribution in [0.1, 0.15) is 271 Å². The highest BCUT2D eigenvalue weighted by atomic mass is 32.2. The summed E-state index contributed by atoms with van der Waals surface area (Å²) in [4.78, 5) is 52.1. The van der Waals surface area contributed by atoms with Gasteiger partial charge < -0.3 is 67.6 Å². The Balaban J connectivity index is 0. The number of carbonyl (C=O) groups excluding carboxylic acids is 2. The Morgan fingerprint density at radius 1 is 0.397 bits per heavy atom. The predicted molar refractivity (Wildman–Crippen MR) is 526 cm³/mol. The molecule has 7 aromatic rings. The number of hydrogen-bond donors (Lipinski definition) is 2. The zero-order valence-electron chi connectivity index (χ0n) is 84.6. The van der Waals surface area contributed by atoms with Crippen molar-refractivity contribution in [3.05, 3.63) is 225 Å². The van der Waals surface area contributed by atoms with Gasteiger partial charge in [0.1, 0.15) is 12.4 Å². The third-order valence-corrected chi connectivity index (χ3v) is 18.0. The Bertz CT molecular complexity index is 4620. The highest BCUT2D eigenvalue weighted by molar-refractivity contribution is 7.90. The van der Waals surface area contributed by atoms with E-state index in [0.717, 1.165) is 104 Å². The topological polar surface area (TPSA) is 423 Å². The van der Waals surface area contributed by atoms with E-state index >= 15 is 0 Å². The van der Waals surface area contributed by atoms with Gasteiger partial charge in [-0.25, -0.2) is 29.8 Å². The van der Waals surface area contributed by atoms with Crippen LogP contribution in [0.5, 0.6) is 0 Å². The SMILES string of the molecule is CC(C)OCCCC#N.CC(C)OCCc1cc(C#N)ccn1.CC(C)OCCc1cncnc1.CC(C)OC[C@@H]1CCC(=O)N1.CC(C)OC[C@H]1CCC(=O)N1.CC(C)OCc1cc(C#N)ccn1.CC(C)OCc1cccc(C#N)c1.CC(C)OCc1cncc(C#N)c1.CC(C)OCc1cncc(S(C)(=O)=O)c1.[C-]#[N+]CCCCOC(C)C.[C-]#[N+]c1cc(C#N)cc(COC(C)C)c1. The number of unbranched alkanes of at least 4 members (excludes halogenated alkanes) is 2. The summed E-state index contributed by atoms with van der Waals surface area (Å²) in [5.41, 5.74) is 9.98. The van der Waals surface area contributed by atoms with E-state index in [1.807, 2.05) is 195 Å². The molecule has 2 saturated heterocycles. The number of amides is 2. The Morgan fingerprint density at radius 2 is 0.794 bits per heavy atom. The maximum Gasteiger partial charge on any atom is 0.220 e. The molecule has 9 rings (SSSR count). The monoisotopic (exact) mass is 1900 g/mol. The van der Waals surface area contributed by atoms with Crippen LogP contribution in [-0.2, 0) is 117 Å². The van der Waals surface area contributed by atoms with Crippen molar-refractivity contribution in [1.82, 2.24) is 40.5 Å². The van der Waals surface area contributed by atoms with E-state index < -0.39 is 9.84 Å². The highest BCUT2D eigenvalue weighted by Gasteiger charge is 2.22. The van der Waals surface area contributed by atoms with E-state index in [-0.39, 0.29) is 77.6 Å². The molecule has 2 aliphatic rings. The van der Waals surface area contributed by atoms with Gasteiger partial charge in [0.15, 0.2) is 15.5 Å². The van der Waals surface area contributed by atoms with Crippen molar-refractivity contribution in [2.75, 3.05) is 52.4 Å². The molecule has 2 aliphatic heterocycles. The number of nitriles is 6. The van der Waals surface area contributed by atoms with Crippen LogP contribution >= 0.6 is 0 Å². The number of rotatable bonds is 39. The van der Waals surface area contributed by atoms with Gasteiger partial charge in [-0.05, 0) is 273 Å². The molecule has 0 radical (unpaired) electrons. The smallest absolute Gasteiger partial charge is 0.220 e. The molecular weight excluding hydrogens is 1750 g/mol. The molecule has 2 N–H and O–H groups in total. The van der Waals surface area contributed by atoms with Crippen LogP contribution in [0.2, 0.25) is 0 Å². The largest absolute Gasteiger partial charge is 0.379 e. The maximum atomic E-state index is 11.2. The number of benzene rings is 2. The summed E-state index contributed by atoms with van der Waals surface area (Å²) in [6.07, 6.45) is 26.6. The third kappa shape index (κ3) is 75.7. The molecule has 2 atom stereocenters. The lowest BCUT2D eigenvalue weighted by Crippen LogP contribution is -2.30. The molecule has 0 spiro atoms. The van der Waals surface area contributed by atoms with E-state index in [1.165, 1.54) is 12.5 Å². The number of carbonyl (C=O) groups is 2. The fourth-order valence-electron chi connectivity index (χ4n) is 10.2. The van der Waals surface area contributed by atoms with Gasteiger partial charge in [0.25, 0.3) is 0 Å². The number of hydrogen-bond acceptors (Lipinski definition) is 27. The molecule has 0 bridgehead atoms. The minimum absolute atomic E-state index is 0.117. The third-order valence-electron chi connectivity index (χ3n) is 16.9. The fourth-order valence-corrected chi connectivity index (χ4v) is 10.8. The van der Waals surface area contributed by atoms with Crippen molar-refractivity contribution in [3.63, 3.8) is 0 Å². The second-order valence-corrected chi connectivity index (χ2v) is 35.7. The Morgan fingerprint density at radius 3 is 1.24 bits per heavy atom. The predicted octanol–water partition coefficient (Wildman–Crippen LogP) is 19.3. The molecule has 742 valence electrons. The molecule has 5 aromatic heterocycles. The molecule has 0 aliphatic carbocycles. The average Bonchev–Trinajstić information content (AvgIpc) is 1.08. The lowest BCUT2D eigenvalue weighted by molar-refractivity contribution is -0.120. The Labute approximate surface area is 812 Å². The van der Waals surface area contributed by atoms with Crippen LogP contribution in [-0.4, -0.2) is 182 Å². The molecule has 2 fully saturated rings. The number of ether oxygens (including phenoxy) is 11. The zero-order valence-corrected chi connectivity index (χ0v) is 85.4. The van der Waals surface area contributed by atoms with Crippen molar-refractivity contribution in [3.8, 4) is 36.4 Å². The maximum absolute atomic E-state index is 11.2. The standard InChI is InChI=1S/C12H12N2O.C11H14N2O.C11H13NO.2C10H12N2O.C10H15NO3S.C9H14N2O.2C8H15NO2.C8H15NO.C7H13NO/c1-9(2)15-8-11-4-10(7-13)5-12(6-11)14-3;1-9(2)14-6-4-11-7-10(8-12)3-5-13-11;1-9(2)13-8-11-5-3-4-10(6-11)7-12;1-8(2)13-7-10-3-9(4-11)5-12-6-10;1-8(2)13-7-10-5-9(6-11)3-4-12-10;1-8(2)14-7-9-4-10(6-11-5-9)15(3,12)13;1-8(2)12-4-3-9-5-10-7-11-6-9;2*1-6(2)11-5-7-3-4-8(10)9-7;1-8(2)10-7-5-4-6-9-3;1-7(2)9-6-4-3-5-8/h4-6,9H,8H2,1-2H3;3,5,7,9H,4,6H2,1-2H3;3-6,9H,8H2,1-2H3;3,5-6,8H,7H2,1-2H3;3-5,8H,7H2,1-2H3;4-6,8H,7H2,1-3H3;5-8H,3-4H2,1-2H3;2*6-7H,3-5H2,1-2H3,(H,9,10);8H,4-7H2,1-2H3;7H,3-4,6H2,1-2H3/t;;;;;;;2*7-;;/m.......10../s1. The molecule has 31 nitrogen and oxygen atoms in total. The van der Waals surface area contributed by atoms with E-state index in [1.54, 1.807) is 91.6 Å². The number of pyridine rings is 4. The second kappa shape index (κ2) is 79.7. The zero-order chi connectivity index (χ0) is 102. The van der Waals surface area contributed by atoms with Crippen LogP contribution in [0.25, 0.3) is 9.69 Å². The molecule has 0 saturated carbocycles. The van der Waals surface area contributed by atoms with Crippen molar-refractivity contribution in [2.24, 2.45) is 0 Å². The van der Waals surface area contributed by atoms with Crippen LogP contribution in [0, 0.1) is 81.1 Å². The fraction of sp³-hybridized carbons (Fsp3) is 0.558. The molecule has 2 amide bonds. The quantitative estimate of drug-likeness (QED) is 0.0267. The van der Waals surface area contributed by atoms with Crippen LogP contribution < -0.4 is 10.6 Å². The van der Waals surface area contributed by atoms with Gasteiger partial charge in [-0.3, -0.25) is 29.5 Å². The van der Waals surface area contributed by atoms with Crippen LogP contribution in [0.15, 0.2) is 140 Å². The molecule has 136 heavy (non-hydrogen) atoms. The van der Waals surface area contributed by atoms with Gasteiger partial charge in [0.2, 0.25) is 18.4 Å². The average molecular weight is 1900 g/mol. The molecule has 2 aromatic carbocycles. The minimum atomic E-state index is -3.18. The van der Waals surface area contributed by atoms with Crippen molar-refractivity contribution in [2.45, 2.75) is 334 Å². The van der Waals surface area contributed by atoms with Gasteiger partial charge in [-0.15, -0.1) is 0 Å². The molecule has 7 heterocycles. The van der Waals surface area contributed by atoms with Gasteiger partial charge >= 0.3 is 0 Å². The van der Waals surface area contributed by atoms with E-state index in [9.17, 15) is 18.0 Å². The van der Waals surface area contributed by atoms with Gasteiger partial charge in [-0.1, -0.05) is 18.2 Å². The molecule has 32 heteroatoms. The van der Waals surface area contributed by atoms with E-state index in [4.69, 9.17) is 96.8 Å². The van der Waals surface area contributed by atoms with Crippen LogP contribution in [0.3, 0.4) is 0 Å². The summed E-state index contributed by atoms with van der Waals surface area (Å²) < 4.78 is 81.4. The summed E-state index contributed by atoms with van der Waals surface area (Å²) >= 11 is 0. The second-order valence-electron chi connectivity index (χ2n) is 33.7. The van der Waals surface area contributed by atoms with Crippen molar-refractivity contribution in [1.29, 1.82) is 31.6 Å². The number of aromatic nitrogens is 6. The Hall–Kier alpha value is -11.5. The first-order valence-corrected chi connectivity index (χ1v) is 47.9. The number of sulfone groups is 1. The van der Waals surface area contributed by atoms with Crippen LogP contribution in [0.4, 0.5) is 5.69 Å². The summed E-state index contributed by atoms with van der Waals surface area (Å²) in [5.74, 6) is 0.310. The Kier molecular flexibility index (Phi) is 74.1. The first-order chi connectivity index (χ1) is 64.6. The lowest BCUT2D eigenvalue weighted by atomic mass is 10.1. The van der Waals surface area contributed by atoms with Gasteiger partial charge in [0, 0.05) is 112 Å². The number of nitrogens with zero attached hydrogens (tertiary/aromatic N) is 14. The van der Waals surface area contributed by atoms with Gasteiger partial charge in [0.05, 0.1) is 208 Å². The summed E-state index contributed by atoms with van der Waals surface area (Å²) in [5, 5.41) is 57.1. The first-order valence-electron chi connectivity index (χ1n) is 46.0. The molecular formula is C104H150N16O15S. The van der Waals surface area contributed by atoms with E-state index in [2.05, 4.69) is 74.5 Å². The lowest BCUT2D eigenvalue weighted by Gasteiger charge is -2.12.